The molecule has 0 atom stereocenters. The van der Waals surface area contributed by atoms with Gasteiger partial charge in [-0.3, -0.25) is 4.57 Å². The van der Waals surface area contributed by atoms with Gasteiger partial charge in [-0.1, -0.05) is 30.3 Å². The normalized spacial score (nSPS) is 11.2. The lowest BCUT2D eigenvalue weighted by molar-refractivity contribution is 0.892. The Bertz CT molecular complexity index is 967. The van der Waals surface area contributed by atoms with E-state index in [1.54, 1.807) is 15.2 Å². The Morgan fingerprint density at radius 3 is 2.45 bits per heavy atom. The topological polar surface area (TPSA) is 39.3 Å². The highest BCUT2D eigenvalue weighted by Crippen LogP contribution is 2.14. The van der Waals surface area contributed by atoms with Crippen molar-refractivity contribution in [1.82, 2.24) is 14.0 Å². The number of hydrogen-bond acceptors (Lipinski definition) is 2. The summed E-state index contributed by atoms with van der Waals surface area (Å²) in [5, 5.41) is 0. The van der Waals surface area contributed by atoms with Gasteiger partial charge in [0.25, 0.3) is 0 Å². The zero-order valence-electron chi connectivity index (χ0n) is 10.6. The Balaban J connectivity index is 2.13. The molecule has 0 saturated carbocycles. The number of rotatable bonds is 1. The third kappa shape index (κ3) is 1.48. The molecular weight excluding hydrogens is 250 g/mol. The first-order chi connectivity index (χ1) is 9.84. The van der Waals surface area contributed by atoms with Crippen molar-refractivity contribution in [3.8, 4) is 5.69 Å². The fourth-order valence-electron chi connectivity index (χ4n) is 2.46. The first-order valence-electron chi connectivity index (χ1n) is 6.39. The Morgan fingerprint density at radius 1 is 0.850 bits per heavy atom. The highest BCUT2D eigenvalue weighted by atomic mass is 16.1. The number of fused-ring (bicyclic) bond motifs is 3. The van der Waals surface area contributed by atoms with Crippen molar-refractivity contribution in [3.05, 3.63) is 77.3 Å². The predicted molar refractivity (Wildman–Crippen MR) is 78.3 cm³/mol. The van der Waals surface area contributed by atoms with Gasteiger partial charge in [0.15, 0.2) is 0 Å². The summed E-state index contributed by atoms with van der Waals surface area (Å²) in [6, 6.07) is 19.1. The number of nitrogens with zero attached hydrogens (tertiary/aromatic N) is 3. The lowest BCUT2D eigenvalue weighted by Crippen LogP contribution is -2.24. The molecule has 4 nitrogen and oxygen atoms in total. The van der Waals surface area contributed by atoms with Crippen LogP contribution < -0.4 is 5.69 Å². The lowest BCUT2D eigenvalue weighted by Gasteiger charge is -2.05. The highest BCUT2D eigenvalue weighted by molar-refractivity contribution is 5.80. The standard InChI is InChI=1S/C16H11N3O/c20-16-18(12-6-2-1-3-7-12)11-10-15-17-13-8-4-5-9-14(13)19(15)16/h1-11H. The van der Waals surface area contributed by atoms with Gasteiger partial charge in [0, 0.05) is 6.20 Å². The van der Waals surface area contributed by atoms with Crippen molar-refractivity contribution >= 4 is 16.7 Å². The van der Waals surface area contributed by atoms with E-state index in [1.165, 1.54) is 0 Å². The Kier molecular flexibility index (Phi) is 2.23. The molecule has 20 heavy (non-hydrogen) atoms. The molecule has 0 radical (unpaired) electrons. The number of imidazole rings is 1. The van der Waals surface area contributed by atoms with E-state index in [0.29, 0.717) is 5.65 Å². The molecule has 0 saturated heterocycles. The van der Waals surface area contributed by atoms with Gasteiger partial charge in [-0.25, -0.2) is 14.2 Å². The van der Waals surface area contributed by atoms with E-state index in [4.69, 9.17) is 0 Å². The van der Waals surface area contributed by atoms with Gasteiger partial charge in [-0.15, -0.1) is 0 Å². The van der Waals surface area contributed by atoms with Gasteiger partial charge < -0.3 is 0 Å². The minimum absolute atomic E-state index is 0.109. The fraction of sp³-hybridized carbons (Fsp3) is 0. The van der Waals surface area contributed by atoms with Crippen molar-refractivity contribution in [3.63, 3.8) is 0 Å². The third-order valence-electron chi connectivity index (χ3n) is 3.39. The lowest BCUT2D eigenvalue weighted by atomic mass is 10.3. The summed E-state index contributed by atoms with van der Waals surface area (Å²) in [6.07, 6.45) is 1.76. The molecule has 2 heterocycles. The van der Waals surface area contributed by atoms with E-state index in [2.05, 4.69) is 4.98 Å². The second-order valence-electron chi connectivity index (χ2n) is 4.60. The van der Waals surface area contributed by atoms with Crippen LogP contribution in [0.15, 0.2) is 71.7 Å². The van der Waals surface area contributed by atoms with Gasteiger partial charge in [-0.2, -0.15) is 0 Å². The molecule has 0 aliphatic rings. The predicted octanol–water partition coefficient (Wildman–Crippen LogP) is 2.64. The Labute approximate surface area is 114 Å². The highest BCUT2D eigenvalue weighted by Gasteiger charge is 2.09. The van der Waals surface area contributed by atoms with Crippen LogP contribution in [0.4, 0.5) is 0 Å². The van der Waals surface area contributed by atoms with Crippen molar-refractivity contribution < 1.29 is 0 Å². The molecule has 4 aromatic rings. The van der Waals surface area contributed by atoms with E-state index in [-0.39, 0.29) is 5.69 Å². The molecule has 96 valence electrons. The molecule has 0 aliphatic carbocycles. The van der Waals surface area contributed by atoms with E-state index < -0.39 is 0 Å². The summed E-state index contributed by atoms with van der Waals surface area (Å²) in [6.45, 7) is 0. The van der Waals surface area contributed by atoms with Crippen molar-refractivity contribution in [1.29, 1.82) is 0 Å². The fourth-order valence-corrected chi connectivity index (χ4v) is 2.46. The van der Waals surface area contributed by atoms with Crippen molar-refractivity contribution in [2.45, 2.75) is 0 Å². The third-order valence-corrected chi connectivity index (χ3v) is 3.39. The van der Waals surface area contributed by atoms with E-state index in [9.17, 15) is 4.79 Å². The van der Waals surface area contributed by atoms with Crippen LogP contribution in [0.25, 0.3) is 22.4 Å². The average Bonchev–Trinajstić information content (AvgIpc) is 2.88. The van der Waals surface area contributed by atoms with Gasteiger partial charge in [-0.05, 0) is 30.3 Å². The second-order valence-corrected chi connectivity index (χ2v) is 4.60. The van der Waals surface area contributed by atoms with Crippen LogP contribution in [-0.4, -0.2) is 14.0 Å². The van der Waals surface area contributed by atoms with Crippen LogP contribution in [-0.2, 0) is 0 Å². The number of benzene rings is 2. The zero-order valence-corrected chi connectivity index (χ0v) is 10.6. The number of hydrogen-bond donors (Lipinski definition) is 0. The Morgan fingerprint density at radius 2 is 1.60 bits per heavy atom. The van der Waals surface area contributed by atoms with Crippen LogP contribution in [0.5, 0.6) is 0 Å². The van der Waals surface area contributed by atoms with Gasteiger partial charge in [0.1, 0.15) is 5.65 Å². The zero-order chi connectivity index (χ0) is 13.5. The molecule has 2 aromatic heterocycles. The summed E-state index contributed by atoms with van der Waals surface area (Å²) < 4.78 is 3.27. The summed E-state index contributed by atoms with van der Waals surface area (Å²) in [4.78, 5) is 17.2. The molecule has 4 rings (SSSR count). The molecule has 0 N–H and O–H groups in total. The number of para-hydroxylation sites is 3. The van der Waals surface area contributed by atoms with Crippen LogP contribution in [0.1, 0.15) is 0 Å². The summed E-state index contributed by atoms with van der Waals surface area (Å²) in [5.41, 5.74) is 3.07. The monoisotopic (exact) mass is 261 g/mol. The number of aromatic nitrogens is 3. The maximum absolute atomic E-state index is 12.7. The smallest absolute Gasteiger partial charge is 0.269 e. The van der Waals surface area contributed by atoms with Gasteiger partial charge in [0.2, 0.25) is 0 Å². The molecule has 0 spiro atoms. The summed E-state index contributed by atoms with van der Waals surface area (Å²) in [5.74, 6) is 0. The van der Waals surface area contributed by atoms with Crippen LogP contribution in [0.3, 0.4) is 0 Å². The van der Waals surface area contributed by atoms with Crippen molar-refractivity contribution in [2.75, 3.05) is 0 Å². The van der Waals surface area contributed by atoms with Crippen molar-refractivity contribution in [2.24, 2.45) is 0 Å². The average molecular weight is 261 g/mol. The molecule has 0 fully saturated rings. The van der Waals surface area contributed by atoms with Crippen LogP contribution in [0, 0.1) is 0 Å². The molecular formula is C16H11N3O. The SMILES string of the molecule is O=c1n(-c2ccccc2)ccc2nc3ccccc3n12. The van der Waals surface area contributed by atoms with Crippen LogP contribution in [0.2, 0.25) is 0 Å². The molecule has 2 aromatic carbocycles. The maximum atomic E-state index is 12.7. The van der Waals surface area contributed by atoms with E-state index in [1.807, 2.05) is 60.7 Å². The first kappa shape index (κ1) is 11.0. The molecule has 0 unspecified atom stereocenters. The largest absolute Gasteiger partial charge is 0.338 e. The molecule has 0 bridgehead atoms. The van der Waals surface area contributed by atoms with Crippen LogP contribution >= 0.6 is 0 Å². The molecule has 4 heteroatoms. The molecule has 0 amide bonds. The summed E-state index contributed by atoms with van der Waals surface area (Å²) in [7, 11) is 0. The quantitative estimate of drug-likeness (QED) is 0.528. The molecule has 0 aliphatic heterocycles. The van der Waals surface area contributed by atoms with Gasteiger partial charge >= 0.3 is 5.69 Å². The Hall–Kier alpha value is -2.88. The van der Waals surface area contributed by atoms with E-state index in [0.717, 1.165) is 16.7 Å². The summed E-state index contributed by atoms with van der Waals surface area (Å²) >= 11 is 0. The van der Waals surface area contributed by atoms with Gasteiger partial charge in [0.05, 0.1) is 16.7 Å². The minimum Gasteiger partial charge on any atom is -0.269 e. The minimum atomic E-state index is -0.109. The first-order valence-corrected chi connectivity index (χ1v) is 6.39. The van der Waals surface area contributed by atoms with E-state index >= 15 is 0 Å². The second kappa shape index (κ2) is 4.06. The maximum Gasteiger partial charge on any atom is 0.338 e.